The van der Waals surface area contributed by atoms with E-state index in [2.05, 4.69) is 0 Å². The van der Waals surface area contributed by atoms with Crippen LogP contribution in [0.4, 0.5) is 0 Å². The number of fused-ring (bicyclic) bond motifs is 1. The molecule has 4 heteroatoms. The molecule has 2 aromatic rings. The summed E-state index contributed by atoms with van der Waals surface area (Å²) in [5, 5.41) is 0. The minimum atomic E-state index is -3.46. The second-order valence-electron chi connectivity index (χ2n) is 4.23. The molecule has 19 heavy (non-hydrogen) atoms. The second kappa shape index (κ2) is 4.55. The third-order valence-corrected chi connectivity index (χ3v) is 4.74. The Bertz CT molecular complexity index is 731. The monoisotopic (exact) mass is 272 g/mol. The maximum atomic E-state index is 12.5. The highest BCUT2D eigenvalue weighted by Crippen LogP contribution is 2.29. The SMILES string of the molecule is O=S(=O)(c1ccccc1)c1ccc2c(c1)C=CCO2. The van der Waals surface area contributed by atoms with Crippen LogP contribution < -0.4 is 4.74 Å². The molecule has 3 nitrogen and oxygen atoms in total. The fourth-order valence-corrected chi connectivity index (χ4v) is 3.32. The molecule has 0 fully saturated rings. The van der Waals surface area contributed by atoms with Crippen LogP contribution in [0.1, 0.15) is 5.56 Å². The van der Waals surface area contributed by atoms with Gasteiger partial charge in [0, 0.05) is 5.56 Å². The predicted octanol–water partition coefficient (Wildman–Crippen LogP) is 2.93. The molecule has 1 heterocycles. The zero-order valence-electron chi connectivity index (χ0n) is 10.1. The smallest absolute Gasteiger partial charge is 0.206 e. The quantitative estimate of drug-likeness (QED) is 0.844. The summed E-state index contributed by atoms with van der Waals surface area (Å²) in [6, 6.07) is 13.4. The van der Waals surface area contributed by atoms with Gasteiger partial charge in [-0.3, -0.25) is 0 Å². The van der Waals surface area contributed by atoms with Gasteiger partial charge in [0.1, 0.15) is 12.4 Å². The van der Waals surface area contributed by atoms with Gasteiger partial charge in [0.15, 0.2) is 0 Å². The fraction of sp³-hybridized carbons (Fsp3) is 0.0667. The van der Waals surface area contributed by atoms with Gasteiger partial charge in [0.05, 0.1) is 9.79 Å². The summed E-state index contributed by atoms with van der Waals surface area (Å²) >= 11 is 0. The van der Waals surface area contributed by atoms with Crippen LogP contribution in [0.25, 0.3) is 6.08 Å². The summed E-state index contributed by atoms with van der Waals surface area (Å²) in [5.74, 6) is 0.717. The van der Waals surface area contributed by atoms with E-state index in [-0.39, 0.29) is 4.90 Å². The Kier molecular flexibility index (Phi) is 2.87. The molecule has 2 aromatic carbocycles. The van der Waals surface area contributed by atoms with Gasteiger partial charge < -0.3 is 4.74 Å². The first-order chi connectivity index (χ1) is 9.18. The van der Waals surface area contributed by atoms with Crippen molar-refractivity contribution in [2.75, 3.05) is 6.61 Å². The topological polar surface area (TPSA) is 43.4 Å². The van der Waals surface area contributed by atoms with E-state index in [1.165, 1.54) is 0 Å². The van der Waals surface area contributed by atoms with E-state index in [9.17, 15) is 8.42 Å². The van der Waals surface area contributed by atoms with E-state index in [1.54, 1.807) is 48.5 Å². The summed E-state index contributed by atoms with van der Waals surface area (Å²) in [7, 11) is -3.46. The van der Waals surface area contributed by atoms with Gasteiger partial charge in [-0.2, -0.15) is 0 Å². The molecule has 0 atom stereocenters. The summed E-state index contributed by atoms with van der Waals surface area (Å²) in [4.78, 5) is 0.586. The van der Waals surface area contributed by atoms with Gasteiger partial charge in [-0.25, -0.2) is 8.42 Å². The molecule has 0 N–H and O–H groups in total. The summed E-state index contributed by atoms with van der Waals surface area (Å²) in [5.41, 5.74) is 0.795. The third-order valence-electron chi connectivity index (χ3n) is 2.98. The van der Waals surface area contributed by atoms with Crippen molar-refractivity contribution in [1.82, 2.24) is 0 Å². The van der Waals surface area contributed by atoms with Crippen LogP contribution in [0.3, 0.4) is 0 Å². The minimum Gasteiger partial charge on any atom is -0.489 e. The lowest BCUT2D eigenvalue weighted by Gasteiger charge is -2.13. The summed E-state index contributed by atoms with van der Waals surface area (Å²) in [6.45, 7) is 0.526. The van der Waals surface area contributed by atoms with Crippen LogP contribution in [0.15, 0.2) is 64.4 Å². The number of benzene rings is 2. The van der Waals surface area contributed by atoms with Crippen molar-refractivity contribution < 1.29 is 13.2 Å². The molecule has 96 valence electrons. The molecular weight excluding hydrogens is 260 g/mol. The molecular formula is C15H12O3S. The van der Waals surface area contributed by atoms with Crippen molar-refractivity contribution in [2.24, 2.45) is 0 Å². The van der Waals surface area contributed by atoms with E-state index in [4.69, 9.17) is 4.74 Å². The molecule has 3 rings (SSSR count). The number of rotatable bonds is 2. The lowest BCUT2D eigenvalue weighted by atomic mass is 10.1. The van der Waals surface area contributed by atoms with Crippen LogP contribution in [0, 0.1) is 0 Å². The normalized spacial score (nSPS) is 13.7. The molecule has 0 saturated heterocycles. The average molecular weight is 272 g/mol. The Hall–Kier alpha value is -2.07. The summed E-state index contributed by atoms with van der Waals surface area (Å²) < 4.78 is 30.3. The van der Waals surface area contributed by atoms with E-state index >= 15 is 0 Å². The lowest BCUT2D eigenvalue weighted by Crippen LogP contribution is -2.05. The third kappa shape index (κ3) is 2.15. The first kappa shape index (κ1) is 12.0. The first-order valence-electron chi connectivity index (χ1n) is 5.91. The van der Waals surface area contributed by atoms with E-state index in [0.29, 0.717) is 11.5 Å². The molecule has 0 saturated carbocycles. The fourth-order valence-electron chi connectivity index (χ4n) is 2.00. The van der Waals surface area contributed by atoms with Crippen molar-refractivity contribution in [3.63, 3.8) is 0 Å². The van der Waals surface area contributed by atoms with Gasteiger partial charge in [0.2, 0.25) is 9.84 Å². The molecule has 1 aliphatic rings. The van der Waals surface area contributed by atoms with Crippen molar-refractivity contribution >= 4 is 15.9 Å². The zero-order valence-corrected chi connectivity index (χ0v) is 10.9. The lowest BCUT2D eigenvalue weighted by molar-refractivity contribution is 0.358. The number of hydrogen-bond donors (Lipinski definition) is 0. The van der Waals surface area contributed by atoms with Gasteiger partial charge in [0.25, 0.3) is 0 Å². The number of ether oxygens (including phenoxy) is 1. The Labute approximate surface area is 112 Å². The van der Waals surface area contributed by atoms with Gasteiger partial charge >= 0.3 is 0 Å². The highest BCUT2D eigenvalue weighted by atomic mass is 32.2. The molecule has 0 radical (unpaired) electrons. The number of hydrogen-bond acceptors (Lipinski definition) is 3. The zero-order chi connectivity index (χ0) is 13.3. The van der Waals surface area contributed by atoms with Crippen LogP contribution >= 0.6 is 0 Å². The summed E-state index contributed by atoms with van der Waals surface area (Å²) in [6.07, 6.45) is 3.74. The van der Waals surface area contributed by atoms with Crippen molar-refractivity contribution in [3.05, 3.63) is 60.2 Å². The van der Waals surface area contributed by atoms with Gasteiger partial charge in [-0.15, -0.1) is 0 Å². The second-order valence-corrected chi connectivity index (χ2v) is 6.18. The Balaban J connectivity index is 2.11. The molecule has 0 aromatic heterocycles. The molecule has 1 aliphatic heterocycles. The van der Waals surface area contributed by atoms with E-state index < -0.39 is 9.84 Å². The maximum Gasteiger partial charge on any atom is 0.206 e. The first-order valence-corrected chi connectivity index (χ1v) is 7.40. The molecule has 0 bridgehead atoms. The van der Waals surface area contributed by atoms with E-state index in [0.717, 1.165) is 11.3 Å². The maximum absolute atomic E-state index is 12.5. The van der Waals surface area contributed by atoms with Gasteiger partial charge in [-0.05, 0) is 36.4 Å². The molecule has 0 amide bonds. The Morgan fingerprint density at radius 3 is 2.53 bits per heavy atom. The van der Waals surface area contributed by atoms with Crippen LogP contribution in [0.5, 0.6) is 5.75 Å². The number of sulfone groups is 1. The van der Waals surface area contributed by atoms with Crippen molar-refractivity contribution in [2.45, 2.75) is 9.79 Å². The van der Waals surface area contributed by atoms with Crippen LogP contribution in [-0.4, -0.2) is 15.0 Å². The predicted molar refractivity (Wildman–Crippen MR) is 72.9 cm³/mol. The Morgan fingerprint density at radius 1 is 0.947 bits per heavy atom. The molecule has 0 unspecified atom stereocenters. The van der Waals surface area contributed by atoms with Crippen molar-refractivity contribution in [1.29, 1.82) is 0 Å². The molecule has 0 aliphatic carbocycles. The minimum absolute atomic E-state index is 0.285. The average Bonchev–Trinajstić information content (AvgIpc) is 2.47. The van der Waals surface area contributed by atoms with Crippen LogP contribution in [-0.2, 0) is 9.84 Å². The van der Waals surface area contributed by atoms with E-state index in [1.807, 2.05) is 12.2 Å². The van der Waals surface area contributed by atoms with Crippen molar-refractivity contribution in [3.8, 4) is 5.75 Å². The van der Waals surface area contributed by atoms with Crippen LogP contribution in [0.2, 0.25) is 0 Å². The molecule has 0 spiro atoms. The standard InChI is InChI=1S/C15H12O3S/c16-19(17,13-6-2-1-3-7-13)14-8-9-15-12(11-14)5-4-10-18-15/h1-9,11H,10H2. The Morgan fingerprint density at radius 2 is 1.74 bits per heavy atom. The largest absolute Gasteiger partial charge is 0.489 e. The van der Waals surface area contributed by atoms with Gasteiger partial charge in [-0.1, -0.05) is 24.3 Å². The highest BCUT2D eigenvalue weighted by Gasteiger charge is 2.19. The highest BCUT2D eigenvalue weighted by molar-refractivity contribution is 7.91.